The highest BCUT2D eigenvalue weighted by molar-refractivity contribution is 5.91. The first-order chi connectivity index (χ1) is 8.52. The number of nitrogens with two attached hydrogens (primary N) is 1. The molecule has 0 aliphatic carbocycles. The number of carbonyl (C=O) groups is 1. The zero-order chi connectivity index (χ0) is 13.5. The van der Waals surface area contributed by atoms with Crippen molar-refractivity contribution < 1.29 is 9.53 Å². The van der Waals surface area contributed by atoms with E-state index < -0.39 is 0 Å². The Balaban J connectivity index is 2.54. The van der Waals surface area contributed by atoms with Gasteiger partial charge in [0.15, 0.2) is 0 Å². The Morgan fingerprint density at radius 1 is 1.39 bits per heavy atom. The molecule has 4 N–H and O–H groups in total. The van der Waals surface area contributed by atoms with Gasteiger partial charge in [0.1, 0.15) is 5.75 Å². The second kappa shape index (κ2) is 6.86. The minimum absolute atomic E-state index is 0.0275. The second-order valence-corrected chi connectivity index (χ2v) is 4.41. The number of carbonyl (C=O) groups excluding carboxylic acids is 1. The molecule has 0 heterocycles. The first-order valence-electron chi connectivity index (χ1n) is 5.99. The lowest BCUT2D eigenvalue weighted by atomic mass is 10.1. The van der Waals surface area contributed by atoms with Gasteiger partial charge in [0.25, 0.3) is 0 Å². The topological polar surface area (TPSA) is 76.4 Å². The molecule has 0 saturated heterocycles. The standard InChI is InChI=1S/C13H21N3O2/c1-9(14)8-10(2)15-13(17)16-11-6-4-5-7-12(11)18-3/h4-7,9-10H,8,14H2,1-3H3,(H2,15,16,17). The lowest BCUT2D eigenvalue weighted by molar-refractivity contribution is 0.248. The van der Waals surface area contributed by atoms with E-state index in [1.165, 1.54) is 0 Å². The second-order valence-electron chi connectivity index (χ2n) is 4.41. The Morgan fingerprint density at radius 3 is 2.67 bits per heavy atom. The summed E-state index contributed by atoms with van der Waals surface area (Å²) < 4.78 is 5.15. The van der Waals surface area contributed by atoms with Gasteiger partial charge in [-0.3, -0.25) is 0 Å². The fourth-order valence-corrected chi connectivity index (χ4v) is 1.75. The van der Waals surface area contributed by atoms with Gasteiger partial charge in [-0.1, -0.05) is 12.1 Å². The number of hydrogen-bond donors (Lipinski definition) is 3. The Bertz CT molecular complexity index is 394. The molecule has 1 rings (SSSR count). The molecule has 1 aromatic rings. The maximum Gasteiger partial charge on any atom is 0.319 e. The van der Waals surface area contributed by atoms with Crippen LogP contribution in [0.5, 0.6) is 5.75 Å². The summed E-state index contributed by atoms with van der Waals surface area (Å²) in [6, 6.07) is 7.10. The number of hydrogen-bond acceptors (Lipinski definition) is 3. The fourth-order valence-electron chi connectivity index (χ4n) is 1.75. The van der Waals surface area contributed by atoms with Crippen LogP contribution in [0.3, 0.4) is 0 Å². The minimum Gasteiger partial charge on any atom is -0.495 e. The van der Waals surface area contributed by atoms with E-state index in [2.05, 4.69) is 10.6 Å². The molecular formula is C13H21N3O2. The van der Waals surface area contributed by atoms with Crippen molar-refractivity contribution in [2.75, 3.05) is 12.4 Å². The van der Waals surface area contributed by atoms with Crippen LogP contribution in [0.25, 0.3) is 0 Å². The molecule has 2 atom stereocenters. The molecule has 5 nitrogen and oxygen atoms in total. The maximum atomic E-state index is 11.8. The van der Waals surface area contributed by atoms with Crippen molar-refractivity contribution in [2.24, 2.45) is 5.73 Å². The number of nitrogens with one attached hydrogen (secondary N) is 2. The van der Waals surface area contributed by atoms with Gasteiger partial charge >= 0.3 is 6.03 Å². The monoisotopic (exact) mass is 251 g/mol. The van der Waals surface area contributed by atoms with Crippen LogP contribution in [0, 0.1) is 0 Å². The molecule has 0 aliphatic heterocycles. The van der Waals surface area contributed by atoms with Crippen LogP contribution >= 0.6 is 0 Å². The van der Waals surface area contributed by atoms with Crippen LogP contribution in [-0.2, 0) is 0 Å². The van der Waals surface area contributed by atoms with E-state index >= 15 is 0 Å². The van der Waals surface area contributed by atoms with Crippen molar-refractivity contribution in [1.82, 2.24) is 5.32 Å². The van der Waals surface area contributed by atoms with E-state index in [-0.39, 0.29) is 18.1 Å². The summed E-state index contributed by atoms with van der Waals surface area (Å²) in [5.74, 6) is 0.632. The summed E-state index contributed by atoms with van der Waals surface area (Å²) in [5.41, 5.74) is 6.32. The minimum atomic E-state index is -0.257. The summed E-state index contributed by atoms with van der Waals surface area (Å²) in [7, 11) is 1.57. The van der Waals surface area contributed by atoms with Crippen molar-refractivity contribution in [3.63, 3.8) is 0 Å². The van der Waals surface area contributed by atoms with Gasteiger partial charge < -0.3 is 21.1 Å². The fraction of sp³-hybridized carbons (Fsp3) is 0.462. The van der Waals surface area contributed by atoms with E-state index in [0.29, 0.717) is 11.4 Å². The van der Waals surface area contributed by atoms with Crippen molar-refractivity contribution in [2.45, 2.75) is 32.4 Å². The largest absolute Gasteiger partial charge is 0.495 e. The maximum absolute atomic E-state index is 11.8. The summed E-state index contributed by atoms with van der Waals surface area (Å²) in [6.45, 7) is 3.83. The molecule has 0 aromatic heterocycles. The third kappa shape index (κ3) is 4.63. The molecule has 0 fully saturated rings. The average molecular weight is 251 g/mol. The van der Waals surface area contributed by atoms with Crippen LogP contribution in [-0.4, -0.2) is 25.2 Å². The van der Waals surface area contributed by atoms with E-state index in [0.717, 1.165) is 6.42 Å². The molecule has 0 spiro atoms. The van der Waals surface area contributed by atoms with Crippen molar-refractivity contribution >= 4 is 11.7 Å². The molecule has 18 heavy (non-hydrogen) atoms. The van der Waals surface area contributed by atoms with Crippen molar-refractivity contribution in [3.8, 4) is 5.75 Å². The Hall–Kier alpha value is -1.75. The van der Waals surface area contributed by atoms with Crippen LogP contribution in [0.4, 0.5) is 10.5 Å². The van der Waals surface area contributed by atoms with Gasteiger partial charge in [0.05, 0.1) is 12.8 Å². The number of methoxy groups -OCH3 is 1. The Kier molecular flexibility index (Phi) is 5.45. The van der Waals surface area contributed by atoms with Crippen LogP contribution in [0.2, 0.25) is 0 Å². The SMILES string of the molecule is COc1ccccc1NC(=O)NC(C)CC(C)N. The van der Waals surface area contributed by atoms with E-state index in [1.807, 2.05) is 26.0 Å². The summed E-state index contributed by atoms with van der Waals surface area (Å²) >= 11 is 0. The smallest absolute Gasteiger partial charge is 0.319 e. The van der Waals surface area contributed by atoms with Gasteiger partial charge in [-0.05, 0) is 32.4 Å². The van der Waals surface area contributed by atoms with Crippen LogP contribution in [0.1, 0.15) is 20.3 Å². The van der Waals surface area contributed by atoms with E-state index in [9.17, 15) is 4.79 Å². The molecule has 0 saturated carbocycles. The lowest BCUT2D eigenvalue weighted by Gasteiger charge is -2.17. The average Bonchev–Trinajstić information content (AvgIpc) is 2.28. The quantitative estimate of drug-likeness (QED) is 0.748. The third-order valence-electron chi connectivity index (χ3n) is 2.46. The number of urea groups is 1. The van der Waals surface area contributed by atoms with Gasteiger partial charge in [-0.15, -0.1) is 0 Å². The van der Waals surface area contributed by atoms with E-state index in [1.54, 1.807) is 19.2 Å². The first-order valence-corrected chi connectivity index (χ1v) is 5.99. The summed E-state index contributed by atoms with van der Waals surface area (Å²) in [5, 5.41) is 5.58. The molecule has 0 bridgehead atoms. The molecule has 5 heteroatoms. The molecule has 0 radical (unpaired) electrons. The highest BCUT2D eigenvalue weighted by atomic mass is 16.5. The van der Waals surface area contributed by atoms with Crippen molar-refractivity contribution in [3.05, 3.63) is 24.3 Å². The zero-order valence-corrected chi connectivity index (χ0v) is 11.1. The highest BCUT2D eigenvalue weighted by Gasteiger charge is 2.10. The molecule has 1 aromatic carbocycles. The molecular weight excluding hydrogens is 230 g/mol. The molecule has 2 unspecified atom stereocenters. The number of para-hydroxylation sites is 2. The molecule has 2 amide bonds. The van der Waals surface area contributed by atoms with Crippen molar-refractivity contribution in [1.29, 1.82) is 0 Å². The number of anilines is 1. The number of benzene rings is 1. The Labute approximate surface area is 108 Å². The van der Waals surface area contributed by atoms with Gasteiger partial charge in [-0.25, -0.2) is 4.79 Å². The normalized spacial score (nSPS) is 13.6. The number of rotatable bonds is 5. The molecule has 100 valence electrons. The van der Waals surface area contributed by atoms with Gasteiger partial charge in [0, 0.05) is 12.1 Å². The lowest BCUT2D eigenvalue weighted by Crippen LogP contribution is -2.39. The number of amides is 2. The highest BCUT2D eigenvalue weighted by Crippen LogP contribution is 2.22. The Morgan fingerprint density at radius 2 is 2.06 bits per heavy atom. The van der Waals surface area contributed by atoms with Gasteiger partial charge in [0.2, 0.25) is 0 Å². The summed E-state index contributed by atoms with van der Waals surface area (Å²) in [4.78, 5) is 11.8. The van der Waals surface area contributed by atoms with Gasteiger partial charge in [-0.2, -0.15) is 0 Å². The summed E-state index contributed by atoms with van der Waals surface area (Å²) in [6.07, 6.45) is 0.735. The van der Waals surface area contributed by atoms with Crippen LogP contribution < -0.4 is 21.1 Å². The predicted molar refractivity (Wildman–Crippen MR) is 72.9 cm³/mol. The van der Waals surface area contributed by atoms with E-state index in [4.69, 9.17) is 10.5 Å². The molecule has 0 aliphatic rings. The third-order valence-corrected chi connectivity index (χ3v) is 2.46. The number of ether oxygens (including phenoxy) is 1. The van der Waals surface area contributed by atoms with Crippen LogP contribution in [0.15, 0.2) is 24.3 Å². The first kappa shape index (κ1) is 14.3. The predicted octanol–water partition coefficient (Wildman–Crippen LogP) is 1.94. The zero-order valence-electron chi connectivity index (χ0n) is 11.1.